The third-order valence-corrected chi connectivity index (χ3v) is 7.45. The molecular formula is C32H31N5OS. The third-order valence-electron chi connectivity index (χ3n) is 6.69. The van der Waals surface area contributed by atoms with Gasteiger partial charge in [-0.15, -0.1) is 11.3 Å². The smallest absolute Gasteiger partial charge is 0.271 e. The number of rotatable bonds is 8. The Hall–Kier alpha value is -4.49. The summed E-state index contributed by atoms with van der Waals surface area (Å²) in [6, 6.07) is 26.2. The fourth-order valence-corrected chi connectivity index (χ4v) is 5.18. The van der Waals surface area contributed by atoms with Crippen LogP contribution >= 0.6 is 11.3 Å². The third kappa shape index (κ3) is 5.99. The highest BCUT2D eigenvalue weighted by Crippen LogP contribution is 2.27. The van der Waals surface area contributed by atoms with E-state index in [4.69, 9.17) is 0 Å². The normalized spacial score (nSPS) is 11.2. The second-order valence-electron chi connectivity index (χ2n) is 9.49. The topological polar surface area (TPSA) is 71.3 Å². The van der Waals surface area contributed by atoms with E-state index in [1.54, 1.807) is 29.7 Å². The van der Waals surface area contributed by atoms with Crippen LogP contribution in [0.25, 0.3) is 16.9 Å². The molecule has 6 nitrogen and oxygen atoms in total. The number of hydrogen-bond acceptors (Lipinski definition) is 5. The Morgan fingerprint density at radius 3 is 2.38 bits per heavy atom. The van der Waals surface area contributed by atoms with Crippen molar-refractivity contribution in [3.63, 3.8) is 0 Å². The molecular weight excluding hydrogens is 502 g/mol. The number of carbonyl (C=O) groups is 1. The van der Waals surface area contributed by atoms with Gasteiger partial charge < -0.3 is 9.88 Å². The summed E-state index contributed by atoms with van der Waals surface area (Å²) >= 11 is 1.54. The second-order valence-corrected chi connectivity index (χ2v) is 10.3. The standard InChI is InChI=1S/C32H31N5OS/c1-5-24-8-16-29(17-9-24)37-22(3)18-27(23(37)4)19-33-36-31(38)26-12-10-25(11-13-26)30-20-39-32(35-30)34-28-14-6-21(2)7-15-28/h6-20H,5H2,1-4H3,(H,34,35)(H,36,38)/b33-19-. The molecule has 3 aromatic carbocycles. The molecule has 5 rings (SSSR count). The lowest BCUT2D eigenvalue weighted by molar-refractivity contribution is 0.0955. The number of aromatic nitrogens is 2. The maximum Gasteiger partial charge on any atom is 0.271 e. The molecule has 0 radical (unpaired) electrons. The van der Waals surface area contributed by atoms with E-state index in [0.29, 0.717) is 5.56 Å². The number of nitrogens with zero attached hydrogens (tertiary/aromatic N) is 3. The van der Waals surface area contributed by atoms with Crippen LogP contribution in [0.2, 0.25) is 0 Å². The van der Waals surface area contributed by atoms with Crippen LogP contribution in [0.4, 0.5) is 10.8 Å². The lowest BCUT2D eigenvalue weighted by Gasteiger charge is -2.10. The molecule has 0 saturated heterocycles. The van der Waals surface area contributed by atoms with Crippen molar-refractivity contribution in [2.75, 3.05) is 5.32 Å². The predicted octanol–water partition coefficient (Wildman–Crippen LogP) is 7.60. The van der Waals surface area contributed by atoms with Gasteiger partial charge in [0.15, 0.2) is 5.13 Å². The van der Waals surface area contributed by atoms with Gasteiger partial charge in [-0.2, -0.15) is 5.10 Å². The summed E-state index contributed by atoms with van der Waals surface area (Å²) in [7, 11) is 0. The van der Waals surface area contributed by atoms with Gasteiger partial charge in [0.05, 0.1) is 11.9 Å². The van der Waals surface area contributed by atoms with Crippen LogP contribution in [-0.4, -0.2) is 21.7 Å². The molecule has 2 heterocycles. The van der Waals surface area contributed by atoms with Gasteiger partial charge >= 0.3 is 0 Å². The number of nitrogens with one attached hydrogen (secondary N) is 2. The first-order valence-corrected chi connectivity index (χ1v) is 13.8. The number of aryl methyl sites for hydroxylation is 3. The number of benzene rings is 3. The quantitative estimate of drug-likeness (QED) is 0.159. The van der Waals surface area contributed by atoms with Gasteiger partial charge in [-0.25, -0.2) is 10.4 Å². The van der Waals surface area contributed by atoms with Crippen molar-refractivity contribution in [3.05, 3.63) is 118 Å². The van der Waals surface area contributed by atoms with Crippen molar-refractivity contribution in [1.82, 2.24) is 15.0 Å². The molecule has 0 atom stereocenters. The van der Waals surface area contributed by atoms with Crippen LogP contribution in [0, 0.1) is 20.8 Å². The van der Waals surface area contributed by atoms with E-state index in [2.05, 4.69) is 95.6 Å². The van der Waals surface area contributed by atoms with Crippen molar-refractivity contribution in [1.29, 1.82) is 0 Å². The fraction of sp³-hybridized carbons (Fsp3) is 0.156. The first-order chi connectivity index (χ1) is 18.9. The van der Waals surface area contributed by atoms with E-state index >= 15 is 0 Å². The number of hydrazone groups is 1. The zero-order valence-electron chi connectivity index (χ0n) is 22.5. The zero-order valence-corrected chi connectivity index (χ0v) is 23.3. The molecule has 0 aliphatic heterocycles. The Morgan fingerprint density at radius 1 is 0.974 bits per heavy atom. The first kappa shape index (κ1) is 26.1. The van der Waals surface area contributed by atoms with Gasteiger partial charge in [-0.05, 0) is 75.2 Å². The highest BCUT2D eigenvalue weighted by Gasteiger charge is 2.11. The van der Waals surface area contributed by atoms with Crippen LogP contribution < -0.4 is 10.7 Å². The van der Waals surface area contributed by atoms with E-state index in [-0.39, 0.29) is 5.91 Å². The summed E-state index contributed by atoms with van der Waals surface area (Å²) in [6.45, 7) is 8.35. The molecule has 0 aliphatic rings. The van der Waals surface area contributed by atoms with E-state index in [9.17, 15) is 4.79 Å². The van der Waals surface area contributed by atoms with E-state index < -0.39 is 0 Å². The Balaban J connectivity index is 1.22. The number of amides is 1. The minimum atomic E-state index is -0.262. The van der Waals surface area contributed by atoms with Gasteiger partial charge in [0.25, 0.3) is 5.91 Å². The molecule has 0 aliphatic carbocycles. The maximum atomic E-state index is 12.7. The Labute approximate surface area is 233 Å². The average Bonchev–Trinajstić information content (AvgIpc) is 3.53. The number of thiazole rings is 1. The zero-order chi connectivity index (χ0) is 27.4. The molecule has 39 heavy (non-hydrogen) atoms. The second kappa shape index (κ2) is 11.5. The van der Waals surface area contributed by atoms with Gasteiger partial charge in [-0.1, -0.05) is 48.9 Å². The summed E-state index contributed by atoms with van der Waals surface area (Å²) in [6.07, 6.45) is 2.71. The van der Waals surface area contributed by atoms with Gasteiger partial charge in [0.1, 0.15) is 0 Å². The van der Waals surface area contributed by atoms with E-state index in [0.717, 1.165) is 51.1 Å². The lowest BCUT2D eigenvalue weighted by Crippen LogP contribution is -2.17. The Bertz CT molecular complexity index is 1610. The van der Waals surface area contributed by atoms with E-state index in [1.807, 2.05) is 29.6 Å². The highest BCUT2D eigenvalue weighted by atomic mass is 32.1. The molecule has 0 fully saturated rings. The van der Waals surface area contributed by atoms with Crippen LogP contribution in [0.3, 0.4) is 0 Å². The molecule has 0 unspecified atom stereocenters. The van der Waals surface area contributed by atoms with Gasteiger partial charge in [0, 0.05) is 44.8 Å². The highest BCUT2D eigenvalue weighted by molar-refractivity contribution is 7.14. The Morgan fingerprint density at radius 2 is 1.69 bits per heavy atom. The van der Waals surface area contributed by atoms with Crippen molar-refractivity contribution in [2.45, 2.75) is 34.1 Å². The molecule has 196 valence electrons. The van der Waals surface area contributed by atoms with Crippen molar-refractivity contribution in [3.8, 4) is 16.9 Å². The minimum Gasteiger partial charge on any atom is -0.332 e. The predicted molar refractivity (Wildman–Crippen MR) is 162 cm³/mol. The molecule has 5 aromatic rings. The van der Waals surface area contributed by atoms with Crippen LogP contribution in [-0.2, 0) is 6.42 Å². The summed E-state index contributed by atoms with van der Waals surface area (Å²) in [4.78, 5) is 17.4. The summed E-state index contributed by atoms with van der Waals surface area (Å²) < 4.78 is 2.20. The molecule has 7 heteroatoms. The number of carbonyl (C=O) groups excluding carboxylic acids is 1. The lowest BCUT2D eigenvalue weighted by atomic mass is 10.1. The first-order valence-electron chi connectivity index (χ1n) is 12.9. The van der Waals surface area contributed by atoms with E-state index in [1.165, 1.54) is 11.1 Å². The molecule has 2 N–H and O–H groups in total. The maximum absolute atomic E-state index is 12.7. The van der Waals surface area contributed by atoms with Crippen molar-refractivity contribution < 1.29 is 4.79 Å². The minimum absolute atomic E-state index is 0.262. The molecule has 1 amide bonds. The summed E-state index contributed by atoms with van der Waals surface area (Å²) in [5.41, 5.74) is 12.8. The summed E-state index contributed by atoms with van der Waals surface area (Å²) in [5.74, 6) is -0.262. The SMILES string of the molecule is CCc1ccc(-n2c(C)cc(/C=N\NC(=O)c3ccc(-c4csc(Nc5ccc(C)cc5)n4)cc3)c2C)cc1. The number of hydrogen-bond donors (Lipinski definition) is 2. The average molecular weight is 534 g/mol. The summed E-state index contributed by atoms with van der Waals surface area (Å²) in [5, 5.41) is 10.4. The van der Waals surface area contributed by atoms with Crippen LogP contribution in [0.15, 0.2) is 89.3 Å². The molecule has 0 saturated carbocycles. The molecule has 0 bridgehead atoms. The van der Waals surface area contributed by atoms with Crippen molar-refractivity contribution >= 4 is 34.3 Å². The number of anilines is 2. The molecule has 2 aromatic heterocycles. The fourth-order valence-electron chi connectivity index (χ4n) is 4.44. The Kier molecular flexibility index (Phi) is 7.70. The van der Waals surface area contributed by atoms with Gasteiger partial charge in [-0.3, -0.25) is 4.79 Å². The van der Waals surface area contributed by atoms with Crippen LogP contribution in [0.1, 0.15) is 45.4 Å². The van der Waals surface area contributed by atoms with Crippen molar-refractivity contribution in [2.24, 2.45) is 5.10 Å². The molecule has 0 spiro atoms. The van der Waals surface area contributed by atoms with Gasteiger partial charge in [0.2, 0.25) is 0 Å². The largest absolute Gasteiger partial charge is 0.332 e. The van der Waals surface area contributed by atoms with Crippen LogP contribution in [0.5, 0.6) is 0 Å². The monoisotopic (exact) mass is 533 g/mol.